The van der Waals surface area contributed by atoms with Crippen LogP contribution in [0.5, 0.6) is 0 Å². The van der Waals surface area contributed by atoms with Crippen LogP contribution in [0.1, 0.15) is 11.1 Å². The average molecular weight is 392 g/mol. The Morgan fingerprint density at radius 3 is 2.07 bits per heavy atom. The van der Waals surface area contributed by atoms with Gasteiger partial charge in [0.2, 0.25) is 5.91 Å². The first-order chi connectivity index (χ1) is 13.4. The molecule has 28 heavy (non-hydrogen) atoms. The lowest BCUT2D eigenvalue weighted by Crippen LogP contribution is -2.13. The number of nitrogens with one attached hydrogen (secondary N) is 2. The standard InChI is InChI=1S/C22H20N2O3S/c1-17-7-14-21(15-8-17)28(26,27)24-20-12-10-19(11-13-20)23-22(25)16-9-18-5-3-2-4-6-18/h2-16,24H,1H3,(H,23,25). The van der Waals surface area contributed by atoms with Crippen molar-refractivity contribution in [3.63, 3.8) is 0 Å². The Morgan fingerprint density at radius 1 is 0.821 bits per heavy atom. The second kappa shape index (κ2) is 8.54. The Bertz CT molecular complexity index is 1070. The fourth-order valence-electron chi connectivity index (χ4n) is 2.47. The van der Waals surface area contributed by atoms with E-state index in [0.29, 0.717) is 11.4 Å². The normalized spacial score (nSPS) is 11.3. The molecule has 0 aromatic heterocycles. The molecule has 2 N–H and O–H groups in total. The van der Waals surface area contributed by atoms with E-state index in [9.17, 15) is 13.2 Å². The van der Waals surface area contributed by atoms with Gasteiger partial charge in [0, 0.05) is 17.5 Å². The third kappa shape index (κ3) is 5.31. The molecule has 0 radical (unpaired) electrons. The van der Waals surface area contributed by atoms with E-state index in [0.717, 1.165) is 11.1 Å². The Balaban J connectivity index is 1.62. The average Bonchev–Trinajstić information content (AvgIpc) is 2.69. The third-order valence-corrected chi connectivity index (χ3v) is 5.36. The Labute approximate surface area is 164 Å². The van der Waals surface area contributed by atoms with Gasteiger partial charge in [-0.2, -0.15) is 0 Å². The zero-order chi connectivity index (χ0) is 20.0. The van der Waals surface area contributed by atoms with E-state index in [1.54, 1.807) is 54.6 Å². The maximum Gasteiger partial charge on any atom is 0.261 e. The predicted octanol–water partition coefficient (Wildman–Crippen LogP) is 4.45. The van der Waals surface area contributed by atoms with Gasteiger partial charge < -0.3 is 5.32 Å². The van der Waals surface area contributed by atoms with Crippen LogP contribution in [0.25, 0.3) is 6.08 Å². The minimum atomic E-state index is -3.65. The van der Waals surface area contributed by atoms with E-state index in [1.165, 1.54) is 6.08 Å². The maximum atomic E-state index is 12.4. The van der Waals surface area contributed by atoms with Crippen LogP contribution in [-0.2, 0) is 14.8 Å². The van der Waals surface area contributed by atoms with Gasteiger partial charge in [-0.15, -0.1) is 0 Å². The highest BCUT2D eigenvalue weighted by molar-refractivity contribution is 7.92. The lowest BCUT2D eigenvalue weighted by atomic mass is 10.2. The van der Waals surface area contributed by atoms with E-state index in [-0.39, 0.29) is 10.8 Å². The van der Waals surface area contributed by atoms with Gasteiger partial charge in [-0.1, -0.05) is 48.0 Å². The first kappa shape index (κ1) is 19.4. The number of hydrogen-bond donors (Lipinski definition) is 2. The molecule has 3 aromatic rings. The molecule has 3 aromatic carbocycles. The van der Waals surface area contributed by atoms with Gasteiger partial charge in [0.1, 0.15) is 0 Å². The molecule has 0 heterocycles. The molecule has 0 spiro atoms. The monoisotopic (exact) mass is 392 g/mol. The van der Waals surface area contributed by atoms with Gasteiger partial charge in [0.05, 0.1) is 4.90 Å². The van der Waals surface area contributed by atoms with Gasteiger partial charge in [-0.05, 0) is 55.0 Å². The third-order valence-electron chi connectivity index (χ3n) is 3.96. The second-order valence-electron chi connectivity index (χ2n) is 6.23. The van der Waals surface area contributed by atoms with Gasteiger partial charge in [0.15, 0.2) is 0 Å². The molecule has 5 nitrogen and oxygen atoms in total. The molecule has 0 unspecified atom stereocenters. The molecule has 0 atom stereocenters. The zero-order valence-electron chi connectivity index (χ0n) is 15.3. The minimum Gasteiger partial charge on any atom is -0.323 e. The first-order valence-corrected chi connectivity index (χ1v) is 10.1. The van der Waals surface area contributed by atoms with Gasteiger partial charge in [-0.3, -0.25) is 9.52 Å². The van der Waals surface area contributed by atoms with E-state index in [2.05, 4.69) is 10.0 Å². The van der Waals surface area contributed by atoms with Crippen molar-refractivity contribution in [2.24, 2.45) is 0 Å². The van der Waals surface area contributed by atoms with E-state index in [1.807, 2.05) is 37.3 Å². The predicted molar refractivity (Wildman–Crippen MR) is 113 cm³/mol. The Hall–Kier alpha value is -3.38. The highest BCUT2D eigenvalue weighted by Gasteiger charge is 2.13. The molecular formula is C22H20N2O3S. The lowest BCUT2D eigenvalue weighted by Gasteiger charge is -2.09. The number of aryl methyl sites for hydroxylation is 1. The van der Waals surface area contributed by atoms with Crippen molar-refractivity contribution in [3.8, 4) is 0 Å². The molecule has 0 aliphatic heterocycles. The van der Waals surface area contributed by atoms with Crippen LogP contribution in [0.2, 0.25) is 0 Å². The number of anilines is 2. The van der Waals surface area contributed by atoms with E-state index in [4.69, 9.17) is 0 Å². The zero-order valence-corrected chi connectivity index (χ0v) is 16.1. The molecule has 0 bridgehead atoms. The summed E-state index contributed by atoms with van der Waals surface area (Å²) in [7, 11) is -3.65. The molecule has 1 amide bonds. The highest BCUT2D eigenvalue weighted by atomic mass is 32.2. The lowest BCUT2D eigenvalue weighted by molar-refractivity contribution is -0.111. The van der Waals surface area contributed by atoms with Crippen LogP contribution in [0, 0.1) is 6.92 Å². The van der Waals surface area contributed by atoms with Crippen molar-refractivity contribution in [1.29, 1.82) is 0 Å². The first-order valence-electron chi connectivity index (χ1n) is 8.66. The summed E-state index contributed by atoms with van der Waals surface area (Å²) in [5.74, 6) is -0.267. The summed E-state index contributed by atoms with van der Waals surface area (Å²) in [5.41, 5.74) is 2.90. The number of rotatable bonds is 6. The van der Waals surface area contributed by atoms with Crippen molar-refractivity contribution in [1.82, 2.24) is 0 Å². The molecule has 0 aliphatic carbocycles. The largest absolute Gasteiger partial charge is 0.323 e. The number of hydrogen-bond acceptors (Lipinski definition) is 3. The summed E-state index contributed by atoms with van der Waals surface area (Å²) in [6.45, 7) is 1.89. The fourth-order valence-corrected chi connectivity index (χ4v) is 3.53. The molecular weight excluding hydrogens is 372 g/mol. The topological polar surface area (TPSA) is 75.3 Å². The van der Waals surface area contributed by atoms with Gasteiger partial charge >= 0.3 is 0 Å². The molecule has 3 rings (SSSR count). The van der Waals surface area contributed by atoms with Crippen LogP contribution in [0.3, 0.4) is 0 Å². The number of amides is 1. The SMILES string of the molecule is Cc1ccc(S(=O)(=O)Nc2ccc(NC(=O)C=Cc3ccccc3)cc2)cc1. The van der Waals surface area contributed by atoms with Crippen LogP contribution < -0.4 is 10.0 Å². The van der Waals surface area contributed by atoms with Crippen molar-refractivity contribution < 1.29 is 13.2 Å². The molecule has 0 fully saturated rings. The van der Waals surface area contributed by atoms with Crippen LogP contribution in [-0.4, -0.2) is 14.3 Å². The molecule has 0 aliphatic rings. The highest BCUT2D eigenvalue weighted by Crippen LogP contribution is 2.19. The molecule has 142 valence electrons. The maximum absolute atomic E-state index is 12.4. The molecule has 0 saturated heterocycles. The summed E-state index contributed by atoms with van der Waals surface area (Å²) >= 11 is 0. The van der Waals surface area contributed by atoms with Crippen molar-refractivity contribution in [2.75, 3.05) is 10.0 Å². The fraction of sp³-hybridized carbons (Fsp3) is 0.0455. The van der Waals surface area contributed by atoms with Crippen LogP contribution in [0.4, 0.5) is 11.4 Å². The summed E-state index contributed by atoms with van der Waals surface area (Å²) in [6, 6.07) is 22.6. The van der Waals surface area contributed by atoms with E-state index < -0.39 is 10.0 Å². The van der Waals surface area contributed by atoms with Crippen LogP contribution in [0.15, 0.2) is 89.8 Å². The smallest absolute Gasteiger partial charge is 0.261 e. The van der Waals surface area contributed by atoms with Crippen molar-refractivity contribution in [2.45, 2.75) is 11.8 Å². The number of sulfonamides is 1. The number of carbonyl (C=O) groups is 1. The van der Waals surface area contributed by atoms with Crippen molar-refractivity contribution >= 4 is 33.4 Å². The van der Waals surface area contributed by atoms with Crippen LogP contribution >= 0.6 is 0 Å². The second-order valence-corrected chi connectivity index (χ2v) is 7.91. The summed E-state index contributed by atoms with van der Waals surface area (Å²) in [5, 5.41) is 2.74. The molecule has 6 heteroatoms. The number of benzene rings is 3. The van der Waals surface area contributed by atoms with Gasteiger partial charge in [0.25, 0.3) is 10.0 Å². The van der Waals surface area contributed by atoms with Crippen molar-refractivity contribution in [3.05, 3.63) is 96.1 Å². The minimum absolute atomic E-state index is 0.196. The molecule has 0 saturated carbocycles. The summed E-state index contributed by atoms with van der Waals surface area (Å²) in [4.78, 5) is 12.2. The van der Waals surface area contributed by atoms with E-state index >= 15 is 0 Å². The Kier molecular flexibility index (Phi) is 5.91. The number of carbonyl (C=O) groups excluding carboxylic acids is 1. The Morgan fingerprint density at radius 2 is 1.43 bits per heavy atom. The summed E-state index contributed by atoms with van der Waals surface area (Å²) in [6.07, 6.45) is 3.17. The van der Waals surface area contributed by atoms with Gasteiger partial charge in [-0.25, -0.2) is 8.42 Å². The summed E-state index contributed by atoms with van der Waals surface area (Å²) < 4.78 is 27.3. The quantitative estimate of drug-likeness (QED) is 0.609.